The van der Waals surface area contributed by atoms with Gasteiger partial charge in [-0.05, 0) is 48.4 Å². The molecule has 5 nitrogen and oxygen atoms in total. The van der Waals surface area contributed by atoms with Gasteiger partial charge >= 0.3 is 0 Å². The number of benzene rings is 1. The molecule has 1 saturated heterocycles. The molecule has 3 aromatic rings. The third-order valence-corrected chi connectivity index (χ3v) is 5.93. The number of carbonyl (C=O) groups is 1. The zero-order chi connectivity index (χ0) is 19.5. The number of fused-ring (bicyclic) bond motifs is 1. The molecule has 1 aliphatic rings. The van der Waals surface area contributed by atoms with Crippen LogP contribution < -0.4 is 5.43 Å². The van der Waals surface area contributed by atoms with Crippen molar-refractivity contribution in [1.82, 2.24) is 4.90 Å². The molecule has 146 valence electrons. The van der Waals surface area contributed by atoms with Gasteiger partial charge in [0, 0.05) is 24.1 Å². The highest BCUT2D eigenvalue weighted by Crippen LogP contribution is 2.21. The largest absolute Gasteiger partial charge is 0.451 e. The van der Waals surface area contributed by atoms with Crippen LogP contribution in [0.1, 0.15) is 40.8 Å². The van der Waals surface area contributed by atoms with Gasteiger partial charge in [0.1, 0.15) is 5.58 Å². The summed E-state index contributed by atoms with van der Waals surface area (Å²) in [5.41, 5.74) is 1.32. The number of rotatable bonds is 6. The lowest BCUT2D eigenvalue weighted by Crippen LogP contribution is -2.37. The van der Waals surface area contributed by atoms with Crippen LogP contribution in [0.25, 0.3) is 11.0 Å². The van der Waals surface area contributed by atoms with Crippen molar-refractivity contribution in [2.45, 2.75) is 38.8 Å². The van der Waals surface area contributed by atoms with E-state index in [4.69, 9.17) is 9.15 Å². The average molecular weight is 397 g/mol. The number of carbonyl (C=O) groups excluding carboxylic acids is 1. The quantitative estimate of drug-likeness (QED) is 0.624. The summed E-state index contributed by atoms with van der Waals surface area (Å²) >= 11 is 1.60. The Morgan fingerprint density at radius 3 is 2.89 bits per heavy atom. The third-order valence-electron chi connectivity index (χ3n) is 5.07. The van der Waals surface area contributed by atoms with E-state index in [1.165, 1.54) is 6.07 Å². The van der Waals surface area contributed by atoms with E-state index in [0.717, 1.165) is 36.3 Å². The Morgan fingerprint density at radius 1 is 1.29 bits per heavy atom. The fourth-order valence-corrected chi connectivity index (χ4v) is 4.25. The standard InChI is InChI=1S/C22H23NO4S/c1-2-15-7-8-20-18(11-15)19(24)12-21(27-20)22(25)23(13-16-5-3-9-26-16)14-17-6-4-10-28-17/h4,6-8,10-12,16H,2-3,5,9,13-14H2,1H3/t16-/m0/s1. The van der Waals surface area contributed by atoms with Crippen LogP contribution >= 0.6 is 11.3 Å². The maximum absolute atomic E-state index is 13.2. The van der Waals surface area contributed by atoms with Crippen molar-refractivity contribution in [2.24, 2.45) is 0 Å². The van der Waals surface area contributed by atoms with Crippen molar-refractivity contribution in [3.05, 3.63) is 68.2 Å². The van der Waals surface area contributed by atoms with Crippen molar-refractivity contribution < 1.29 is 13.9 Å². The molecule has 0 aliphatic carbocycles. The minimum atomic E-state index is -0.275. The van der Waals surface area contributed by atoms with Gasteiger partial charge < -0.3 is 14.1 Å². The highest BCUT2D eigenvalue weighted by Gasteiger charge is 2.26. The topological polar surface area (TPSA) is 59.8 Å². The molecule has 0 unspecified atom stereocenters. The van der Waals surface area contributed by atoms with Crippen LogP contribution in [-0.2, 0) is 17.7 Å². The smallest absolute Gasteiger partial charge is 0.290 e. The molecule has 0 spiro atoms. The monoisotopic (exact) mass is 397 g/mol. The molecule has 1 fully saturated rings. The Labute approximate surface area is 167 Å². The molecule has 1 aliphatic heterocycles. The predicted molar refractivity (Wildman–Crippen MR) is 110 cm³/mol. The Balaban J connectivity index is 1.65. The van der Waals surface area contributed by atoms with E-state index >= 15 is 0 Å². The highest BCUT2D eigenvalue weighted by atomic mass is 32.1. The van der Waals surface area contributed by atoms with Gasteiger partial charge in [-0.3, -0.25) is 9.59 Å². The van der Waals surface area contributed by atoms with Crippen molar-refractivity contribution in [1.29, 1.82) is 0 Å². The lowest BCUT2D eigenvalue weighted by molar-refractivity contribution is 0.0486. The van der Waals surface area contributed by atoms with E-state index < -0.39 is 0 Å². The van der Waals surface area contributed by atoms with Gasteiger partial charge in [0.25, 0.3) is 5.91 Å². The minimum absolute atomic E-state index is 0.0307. The number of ether oxygens (including phenoxy) is 1. The van der Waals surface area contributed by atoms with E-state index in [1.54, 1.807) is 22.3 Å². The number of hydrogen-bond donors (Lipinski definition) is 0. The third kappa shape index (κ3) is 4.03. The molecule has 1 aromatic carbocycles. The van der Waals surface area contributed by atoms with Crippen molar-refractivity contribution in [2.75, 3.05) is 13.2 Å². The van der Waals surface area contributed by atoms with Crippen LogP contribution in [0.3, 0.4) is 0 Å². The van der Waals surface area contributed by atoms with Gasteiger partial charge in [0.15, 0.2) is 11.2 Å². The number of thiophene rings is 1. The van der Waals surface area contributed by atoms with Gasteiger partial charge in [0.2, 0.25) is 0 Å². The molecule has 1 atom stereocenters. The van der Waals surface area contributed by atoms with Crippen LogP contribution in [-0.4, -0.2) is 30.1 Å². The van der Waals surface area contributed by atoms with E-state index in [2.05, 4.69) is 0 Å². The average Bonchev–Trinajstić information content (AvgIpc) is 3.41. The number of nitrogens with zero attached hydrogens (tertiary/aromatic N) is 1. The second-order valence-corrected chi connectivity index (χ2v) is 8.09. The van der Waals surface area contributed by atoms with Gasteiger partial charge in [-0.1, -0.05) is 19.1 Å². The van der Waals surface area contributed by atoms with Gasteiger partial charge in [0.05, 0.1) is 18.0 Å². The second-order valence-electron chi connectivity index (χ2n) is 7.06. The zero-order valence-electron chi connectivity index (χ0n) is 15.8. The van der Waals surface area contributed by atoms with Crippen molar-refractivity contribution >= 4 is 28.2 Å². The van der Waals surface area contributed by atoms with E-state index in [1.807, 2.05) is 36.6 Å². The summed E-state index contributed by atoms with van der Waals surface area (Å²) < 4.78 is 11.6. The van der Waals surface area contributed by atoms with Gasteiger partial charge in [-0.25, -0.2) is 0 Å². The SMILES string of the molecule is CCc1ccc2oc(C(=O)N(Cc3cccs3)C[C@@H]3CCCO3)cc(=O)c2c1. The van der Waals surface area contributed by atoms with E-state index in [0.29, 0.717) is 24.1 Å². The number of hydrogen-bond acceptors (Lipinski definition) is 5. The first-order valence-electron chi connectivity index (χ1n) is 9.64. The van der Waals surface area contributed by atoms with Crippen LogP contribution in [0, 0.1) is 0 Å². The lowest BCUT2D eigenvalue weighted by atomic mass is 10.1. The summed E-state index contributed by atoms with van der Waals surface area (Å²) in [4.78, 5) is 28.6. The molecule has 0 bridgehead atoms. The molecule has 0 saturated carbocycles. The Bertz CT molecular complexity index is 1020. The molecule has 6 heteroatoms. The molecule has 4 rings (SSSR count). The van der Waals surface area contributed by atoms with Crippen LogP contribution in [0.2, 0.25) is 0 Å². The van der Waals surface area contributed by atoms with Crippen LogP contribution in [0.15, 0.2) is 51.0 Å². The maximum atomic E-state index is 13.2. The maximum Gasteiger partial charge on any atom is 0.290 e. The molecule has 0 radical (unpaired) electrons. The van der Waals surface area contributed by atoms with Gasteiger partial charge in [-0.2, -0.15) is 0 Å². The predicted octanol–water partition coefficient (Wildman–Crippen LogP) is 4.24. The molecule has 0 N–H and O–H groups in total. The molecule has 3 heterocycles. The summed E-state index contributed by atoms with van der Waals surface area (Å²) in [6.07, 6.45) is 2.82. The summed E-state index contributed by atoms with van der Waals surface area (Å²) in [6, 6.07) is 10.8. The van der Waals surface area contributed by atoms with Crippen LogP contribution in [0.5, 0.6) is 0 Å². The Hall–Kier alpha value is -2.44. The highest BCUT2D eigenvalue weighted by molar-refractivity contribution is 7.09. The molecule has 1 amide bonds. The molecule has 2 aromatic heterocycles. The summed E-state index contributed by atoms with van der Waals surface area (Å²) in [5, 5.41) is 2.51. The molecular formula is C22H23NO4S. The minimum Gasteiger partial charge on any atom is -0.451 e. The van der Waals surface area contributed by atoms with E-state index in [-0.39, 0.29) is 23.2 Å². The normalized spacial score (nSPS) is 16.5. The number of aryl methyl sites for hydroxylation is 1. The van der Waals surface area contributed by atoms with Crippen LogP contribution in [0.4, 0.5) is 0 Å². The summed E-state index contributed by atoms with van der Waals surface area (Å²) in [5.74, 6) is -0.196. The first-order valence-corrected chi connectivity index (χ1v) is 10.5. The second kappa shape index (κ2) is 8.29. The molecule has 28 heavy (non-hydrogen) atoms. The fourth-order valence-electron chi connectivity index (χ4n) is 3.53. The lowest BCUT2D eigenvalue weighted by Gasteiger charge is -2.24. The number of amides is 1. The van der Waals surface area contributed by atoms with Crippen molar-refractivity contribution in [3.63, 3.8) is 0 Å². The Kier molecular flexibility index (Phi) is 5.59. The zero-order valence-corrected chi connectivity index (χ0v) is 16.7. The summed E-state index contributed by atoms with van der Waals surface area (Å²) in [7, 11) is 0. The summed E-state index contributed by atoms with van der Waals surface area (Å²) in [6.45, 7) is 3.74. The molecular weight excluding hydrogens is 374 g/mol. The first kappa shape index (κ1) is 18.9. The Morgan fingerprint density at radius 2 is 2.18 bits per heavy atom. The van der Waals surface area contributed by atoms with E-state index in [9.17, 15) is 9.59 Å². The van der Waals surface area contributed by atoms with Gasteiger partial charge in [-0.15, -0.1) is 11.3 Å². The fraction of sp³-hybridized carbons (Fsp3) is 0.364. The first-order chi connectivity index (χ1) is 13.6. The van der Waals surface area contributed by atoms with Crippen molar-refractivity contribution in [3.8, 4) is 0 Å².